The Morgan fingerprint density at radius 3 is 2.52 bits per heavy atom. The number of nitrogens with one attached hydrogen (secondary N) is 1. The molecule has 29 heavy (non-hydrogen) atoms. The first-order valence-electron chi connectivity index (χ1n) is 8.41. The molecule has 3 rings (SSSR count). The number of para-hydroxylation sites is 1. The van der Waals surface area contributed by atoms with E-state index in [1.807, 2.05) is 0 Å². The number of nitrogens with zero attached hydrogens (tertiary/aromatic N) is 2. The molecule has 1 N–H and O–H groups in total. The molecular weight excluding hydrogens is 387 g/mol. The van der Waals surface area contributed by atoms with Crippen molar-refractivity contribution in [2.75, 3.05) is 12.4 Å². The summed E-state index contributed by atoms with van der Waals surface area (Å²) < 4.78 is 43.9. The average molecular weight is 403 g/mol. The summed E-state index contributed by atoms with van der Waals surface area (Å²) in [4.78, 5) is 20.7. The standard InChI is InChI=1S/C20H16F3N3O3/c1-12-25-17(18(29-12)20(21,22)23)19(27)26-16-6-4-3-5-15(16)14-9-7-13(8-10-14)11-24-28-2/h3-11H,1-2H3,(H,26,27)/b24-11+. The third-order valence-corrected chi connectivity index (χ3v) is 3.91. The number of hydrogen-bond acceptors (Lipinski definition) is 5. The van der Waals surface area contributed by atoms with Crippen LogP contribution in [0.2, 0.25) is 0 Å². The molecule has 9 heteroatoms. The quantitative estimate of drug-likeness (QED) is 0.486. The molecule has 0 bridgehead atoms. The zero-order chi connectivity index (χ0) is 21.0. The van der Waals surface area contributed by atoms with E-state index in [0.29, 0.717) is 11.3 Å². The van der Waals surface area contributed by atoms with Gasteiger partial charge in [0.1, 0.15) is 7.11 Å². The number of alkyl halides is 3. The highest BCUT2D eigenvalue weighted by atomic mass is 19.4. The van der Waals surface area contributed by atoms with Gasteiger partial charge in [0.25, 0.3) is 5.91 Å². The van der Waals surface area contributed by atoms with Gasteiger partial charge in [-0.3, -0.25) is 4.79 Å². The van der Waals surface area contributed by atoms with E-state index in [9.17, 15) is 18.0 Å². The van der Waals surface area contributed by atoms with Crippen molar-refractivity contribution in [1.82, 2.24) is 4.98 Å². The molecule has 3 aromatic rings. The van der Waals surface area contributed by atoms with Crippen LogP contribution in [-0.2, 0) is 11.0 Å². The van der Waals surface area contributed by atoms with Crippen LogP contribution in [0.3, 0.4) is 0 Å². The lowest BCUT2D eigenvalue weighted by Crippen LogP contribution is -2.18. The summed E-state index contributed by atoms with van der Waals surface area (Å²) in [6.07, 6.45) is -3.30. The van der Waals surface area contributed by atoms with Crippen LogP contribution in [0.25, 0.3) is 11.1 Å². The number of anilines is 1. The van der Waals surface area contributed by atoms with Crippen LogP contribution in [0, 0.1) is 6.92 Å². The lowest BCUT2D eigenvalue weighted by molar-refractivity contribution is -0.153. The fourth-order valence-corrected chi connectivity index (χ4v) is 2.66. The van der Waals surface area contributed by atoms with Crippen LogP contribution < -0.4 is 5.32 Å². The molecule has 0 aliphatic carbocycles. The zero-order valence-corrected chi connectivity index (χ0v) is 15.4. The predicted octanol–water partition coefficient (Wildman–Crippen LogP) is 4.90. The Balaban J connectivity index is 1.91. The van der Waals surface area contributed by atoms with Crippen LogP contribution in [0.5, 0.6) is 0 Å². The second-order valence-electron chi connectivity index (χ2n) is 5.95. The number of rotatable bonds is 5. The Morgan fingerprint density at radius 2 is 1.86 bits per heavy atom. The van der Waals surface area contributed by atoms with Crippen molar-refractivity contribution in [1.29, 1.82) is 0 Å². The number of aromatic nitrogens is 1. The Kier molecular flexibility index (Phi) is 5.67. The van der Waals surface area contributed by atoms with Gasteiger partial charge in [0, 0.05) is 18.2 Å². The van der Waals surface area contributed by atoms with Crippen molar-refractivity contribution < 1.29 is 27.2 Å². The smallest absolute Gasteiger partial charge is 0.436 e. The van der Waals surface area contributed by atoms with E-state index in [0.717, 1.165) is 11.1 Å². The lowest BCUT2D eigenvalue weighted by Gasteiger charge is -2.11. The van der Waals surface area contributed by atoms with Gasteiger partial charge in [-0.2, -0.15) is 13.2 Å². The van der Waals surface area contributed by atoms with Crippen LogP contribution in [0.4, 0.5) is 18.9 Å². The number of carbonyl (C=O) groups is 1. The van der Waals surface area contributed by atoms with Gasteiger partial charge in [-0.05, 0) is 17.2 Å². The molecule has 0 spiro atoms. The monoisotopic (exact) mass is 403 g/mol. The van der Waals surface area contributed by atoms with Crippen LogP contribution >= 0.6 is 0 Å². The molecule has 0 saturated carbocycles. The van der Waals surface area contributed by atoms with Crippen molar-refractivity contribution in [2.24, 2.45) is 5.16 Å². The van der Waals surface area contributed by atoms with E-state index in [-0.39, 0.29) is 5.89 Å². The normalized spacial score (nSPS) is 11.6. The van der Waals surface area contributed by atoms with Crippen LogP contribution in [0.15, 0.2) is 58.1 Å². The molecular formula is C20H16F3N3O3. The number of carbonyl (C=O) groups excluding carboxylic acids is 1. The minimum Gasteiger partial charge on any atom is -0.436 e. The van der Waals surface area contributed by atoms with E-state index in [1.165, 1.54) is 20.2 Å². The molecule has 0 unspecified atom stereocenters. The van der Waals surface area contributed by atoms with Crippen molar-refractivity contribution in [2.45, 2.75) is 13.1 Å². The summed E-state index contributed by atoms with van der Waals surface area (Å²) >= 11 is 0. The molecule has 6 nitrogen and oxygen atoms in total. The maximum atomic E-state index is 13.1. The maximum Gasteiger partial charge on any atom is 0.452 e. The summed E-state index contributed by atoms with van der Waals surface area (Å²) in [5.41, 5.74) is 1.71. The number of hydrogen-bond donors (Lipinski definition) is 1. The van der Waals surface area contributed by atoms with Crippen LogP contribution in [-0.4, -0.2) is 24.2 Å². The van der Waals surface area contributed by atoms with Gasteiger partial charge in [0.2, 0.25) is 5.76 Å². The fourth-order valence-electron chi connectivity index (χ4n) is 2.66. The zero-order valence-electron chi connectivity index (χ0n) is 15.4. The highest BCUT2D eigenvalue weighted by Gasteiger charge is 2.41. The molecule has 1 heterocycles. The Hall–Kier alpha value is -3.62. The summed E-state index contributed by atoms with van der Waals surface area (Å²) in [7, 11) is 1.43. The maximum absolute atomic E-state index is 13.1. The van der Waals surface area contributed by atoms with Gasteiger partial charge in [-0.15, -0.1) is 0 Å². The summed E-state index contributed by atoms with van der Waals surface area (Å²) in [6.45, 7) is 1.24. The lowest BCUT2D eigenvalue weighted by atomic mass is 10.0. The summed E-state index contributed by atoms with van der Waals surface area (Å²) in [5, 5.41) is 6.17. The van der Waals surface area contributed by atoms with Gasteiger partial charge < -0.3 is 14.6 Å². The van der Waals surface area contributed by atoms with E-state index >= 15 is 0 Å². The van der Waals surface area contributed by atoms with Gasteiger partial charge in [-0.1, -0.05) is 47.6 Å². The highest BCUT2D eigenvalue weighted by molar-refractivity contribution is 6.05. The number of oxime groups is 1. The number of halogens is 3. The number of oxazole rings is 1. The van der Waals surface area contributed by atoms with E-state index in [4.69, 9.17) is 0 Å². The summed E-state index contributed by atoms with van der Waals surface area (Å²) in [5.74, 6) is -2.68. The second-order valence-corrected chi connectivity index (χ2v) is 5.95. The Morgan fingerprint density at radius 1 is 1.17 bits per heavy atom. The first-order chi connectivity index (χ1) is 13.8. The van der Waals surface area contributed by atoms with E-state index in [1.54, 1.807) is 48.5 Å². The van der Waals surface area contributed by atoms with Crippen molar-refractivity contribution in [3.05, 3.63) is 71.4 Å². The van der Waals surface area contributed by atoms with Gasteiger partial charge in [0.15, 0.2) is 11.6 Å². The van der Waals surface area contributed by atoms with Gasteiger partial charge >= 0.3 is 6.18 Å². The fraction of sp³-hybridized carbons (Fsp3) is 0.150. The third-order valence-electron chi connectivity index (χ3n) is 3.91. The minimum absolute atomic E-state index is 0.246. The molecule has 0 radical (unpaired) electrons. The first kappa shape index (κ1) is 20.1. The molecule has 1 amide bonds. The summed E-state index contributed by atoms with van der Waals surface area (Å²) in [6, 6.07) is 13.9. The number of amides is 1. The average Bonchev–Trinajstić information content (AvgIpc) is 3.10. The molecule has 2 aromatic carbocycles. The second kappa shape index (κ2) is 8.17. The van der Waals surface area contributed by atoms with Gasteiger partial charge in [-0.25, -0.2) is 4.98 Å². The molecule has 0 fully saturated rings. The topological polar surface area (TPSA) is 76.7 Å². The number of benzene rings is 2. The largest absolute Gasteiger partial charge is 0.452 e. The van der Waals surface area contributed by atoms with Crippen LogP contribution in [0.1, 0.15) is 27.7 Å². The Labute approximate surface area is 164 Å². The van der Waals surface area contributed by atoms with Gasteiger partial charge in [0.05, 0.1) is 6.21 Å². The molecule has 0 aliphatic heterocycles. The predicted molar refractivity (Wildman–Crippen MR) is 101 cm³/mol. The third kappa shape index (κ3) is 4.63. The molecule has 1 aromatic heterocycles. The Bertz CT molecular complexity index is 1040. The molecule has 150 valence electrons. The van der Waals surface area contributed by atoms with E-state index < -0.39 is 23.5 Å². The van der Waals surface area contributed by atoms with Crippen molar-refractivity contribution in [3.8, 4) is 11.1 Å². The number of aryl methyl sites for hydroxylation is 1. The SMILES string of the molecule is CO/N=C/c1ccc(-c2ccccc2NC(=O)c2nc(C)oc2C(F)(F)F)cc1. The highest BCUT2D eigenvalue weighted by Crippen LogP contribution is 2.34. The molecule has 0 atom stereocenters. The van der Waals surface area contributed by atoms with Crippen molar-refractivity contribution >= 4 is 17.8 Å². The first-order valence-corrected chi connectivity index (χ1v) is 8.41. The van der Waals surface area contributed by atoms with E-state index in [2.05, 4.69) is 24.7 Å². The minimum atomic E-state index is -4.83. The van der Waals surface area contributed by atoms with Crippen molar-refractivity contribution in [3.63, 3.8) is 0 Å². The molecule has 0 aliphatic rings. The molecule has 0 saturated heterocycles.